The third kappa shape index (κ3) is 2.64. The molecule has 4 heteroatoms. The highest BCUT2D eigenvalue weighted by atomic mass is 35.5. The Balaban J connectivity index is 2.29. The van der Waals surface area contributed by atoms with Gasteiger partial charge in [0.25, 0.3) is 0 Å². The van der Waals surface area contributed by atoms with E-state index in [2.05, 4.69) is 0 Å². The van der Waals surface area contributed by atoms with Crippen molar-refractivity contribution in [2.75, 3.05) is 5.73 Å². The molecule has 1 nitrogen and oxygen atoms in total. The molecule has 0 aromatic heterocycles. The Labute approximate surface area is 109 Å². The molecule has 0 atom stereocenters. The van der Waals surface area contributed by atoms with Gasteiger partial charge in [0.1, 0.15) is 0 Å². The summed E-state index contributed by atoms with van der Waals surface area (Å²) in [6.45, 7) is 0. The Morgan fingerprint density at radius 1 is 0.875 bits per heavy atom. The molecule has 0 spiro atoms. The van der Waals surface area contributed by atoms with Gasteiger partial charge in [0, 0.05) is 9.79 Å². The van der Waals surface area contributed by atoms with Crippen LogP contribution in [-0.2, 0) is 0 Å². The summed E-state index contributed by atoms with van der Waals surface area (Å²) in [4.78, 5) is 2.12. The van der Waals surface area contributed by atoms with Crippen LogP contribution in [0.2, 0.25) is 10.0 Å². The van der Waals surface area contributed by atoms with E-state index in [1.165, 1.54) is 0 Å². The molecule has 0 heterocycles. The lowest BCUT2D eigenvalue weighted by atomic mass is 10.3. The van der Waals surface area contributed by atoms with Crippen molar-refractivity contribution >= 4 is 40.7 Å². The van der Waals surface area contributed by atoms with Crippen LogP contribution in [0.5, 0.6) is 0 Å². The summed E-state index contributed by atoms with van der Waals surface area (Å²) < 4.78 is 0. The van der Waals surface area contributed by atoms with Crippen molar-refractivity contribution in [3.05, 3.63) is 52.5 Å². The molecule has 2 aromatic carbocycles. The zero-order chi connectivity index (χ0) is 11.5. The number of hydrogen-bond donors (Lipinski definition) is 1. The molecule has 0 aliphatic rings. The minimum absolute atomic E-state index is 0.431. The molecule has 82 valence electrons. The molecule has 0 fully saturated rings. The second-order valence-electron chi connectivity index (χ2n) is 3.22. The molecule has 0 amide bonds. The molecule has 0 bridgehead atoms. The van der Waals surface area contributed by atoms with Crippen molar-refractivity contribution in [2.24, 2.45) is 0 Å². The first-order valence-corrected chi connectivity index (χ1v) is 6.21. The van der Waals surface area contributed by atoms with Gasteiger partial charge in [-0.2, -0.15) is 0 Å². The Hall–Kier alpha value is -0.830. The lowest BCUT2D eigenvalue weighted by Crippen LogP contribution is -1.88. The molecule has 0 radical (unpaired) electrons. The first-order valence-electron chi connectivity index (χ1n) is 4.64. The van der Waals surface area contributed by atoms with Gasteiger partial charge >= 0.3 is 0 Å². The fourth-order valence-electron chi connectivity index (χ4n) is 1.24. The van der Waals surface area contributed by atoms with E-state index >= 15 is 0 Å². The van der Waals surface area contributed by atoms with Crippen LogP contribution in [0.25, 0.3) is 0 Å². The highest BCUT2D eigenvalue weighted by molar-refractivity contribution is 7.99. The number of benzene rings is 2. The van der Waals surface area contributed by atoms with Crippen LogP contribution in [0.15, 0.2) is 52.3 Å². The first kappa shape index (κ1) is 11.6. The largest absolute Gasteiger partial charge is 0.396 e. The average Bonchev–Trinajstić information content (AvgIpc) is 2.27. The van der Waals surface area contributed by atoms with Crippen molar-refractivity contribution in [1.29, 1.82) is 0 Å². The maximum atomic E-state index is 5.96. The van der Waals surface area contributed by atoms with Crippen LogP contribution in [0, 0.1) is 0 Å². The van der Waals surface area contributed by atoms with E-state index < -0.39 is 0 Å². The second-order valence-corrected chi connectivity index (χ2v) is 5.18. The minimum atomic E-state index is 0.431. The van der Waals surface area contributed by atoms with E-state index in [1.807, 2.05) is 42.5 Å². The van der Waals surface area contributed by atoms with Gasteiger partial charge in [-0.3, -0.25) is 0 Å². The third-order valence-electron chi connectivity index (χ3n) is 2.03. The maximum absolute atomic E-state index is 5.96. The van der Waals surface area contributed by atoms with Crippen LogP contribution < -0.4 is 5.73 Å². The molecule has 0 unspecified atom stereocenters. The fraction of sp³-hybridized carbons (Fsp3) is 0. The lowest BCUT2D eigenvalue weighted by Gasteiger charge is -2.06. The number of rotatable bonds is 2. The highest BCUT2D eigenvalue weighted by Gasteiger charge is 2.05. The monoisotopic (exact) mass is 269 g/mol. The third-order valence-corrected chi connectivity index (χ3v) is 3.64. The molecule has 16 heavy (non-hydrogen) atoms. The molecule has 0 aliphatic heterocycles. The molecule has 0 aliphatic carbocycles. The zero-order valence-electron chi connectivity index (χ0n) is 8.28. The van der Waals surface area contributed by atoms with E-state index in [0.717, 1.165) is 9.79 Å². The van der Waals surface area contributed by atoms with Crippen LogP contribution in [0.1, 0.15) is 0 Å². The van der Waals surface area contributed by atoms with Crippen LogP contribution in [0.3, 0.4) is 0 Å². The van der Waals surface area contributed by atoms with Crippen LogP contribution in [-0.4, -0.2) is 0 Å². The smallest absolute Gasteiger partial charge is 0.0693 e. The minimum Gasteiger partial charge on any atom is -0.396 e. The molecule has 2 rings (SSSR count). The van der Waals surface area contributed by atoms with E-state index in [-0.39, 0.29) is 0 Å². The predicted molar refractivity (Wildman–Crippen MR) is 71.4 cm³/mol. The fourth-order valence-corrected chi connectivity index (χ4v) is 2.78. The lowest BCUT2D eigenvalue weighted by molar-refractivity contribution is 1.41. The SMILES string of the molecule is Nc1c(Cl)cc(Sc2ccccc2)cc1Cl. The second kappa shape index (κ2) is 5.00. The highest BCUT2D eigenvalue weighted by Crippen LogP contribution is 2.35. The van der Waals surface area contributed by atoms with Gasteiger partial charge in [0.15, 0.2) is 0 Å². The quantitative estimate of drug-likeness (QED) is 0.798. The molecule has 2 aromatic rings. The summed E-state index contributed by atoms with van der Waals surface area (Å²) in [5.41, 5.74) is 6.10. The van der Waals surface area contributed by atoms with Crippen molar-refractivity contribution in [3.8, 4) is 0 Å². The maximum Gasteiger partial charge on any atom is 0.0693 e. The van der Waals surface area contributed by atoms with E-state index in [0.29, 0.717) is 15.7 Å². The van der Waals surface area contributed by atoms with Crippen molar-refractivity contribution in [1.82, 2.24) is 0 Å². The number of halogens is 2. The molecule has 2 N–H and O–H groups in total. The summed E-state index contributed by atoms with van der Waals surface area (Å²) in [6.07, 6.45) is 0. The van der Waals surface area contributed by atoms with Crippen molar-refractivity contribution < 1.29 is 0 Å². The molecular formula is C12H9Cl2NS. The Kier molecular flexibility index (Phi) is 3.64. The van der Waals surface area contributed by atoms with E-state index in [1.54, 1.807) is 11.8 Å². The summed E-state index contributed by atoms with van der Waals surface area (Å²) in [5.74, 6) is 0. The summed E-state index contributed by atoms with van der Waals surface area (Å²) in [5, 5.41) is 0.983. The topological polar surface area (TPSA) is 26.0 Å². The molecular weight excluding hydrogens is 261 g/mol. The first-order chi connectivity index (χ1) is 7.66. The summed E-state index contributed by atoms with van der Waals surface area (Å²) in [7, 11) is 0. The number of anilines is 1. The van der Waals surface area contributed by atoms with Crippen LogP contribution in [0.4, 0.5) is 5.69 Å². The Morgan fingerprint density at radius 2 is 1.44 bits per heavy atom. The van der Waals surface area contributed by atoms with Gasteiger partial charge in [-0.15, -0.1) is 0 Å². The number of hydrogen-bond acceptors (Lipinski definition) is 2. The van der Waals surface area contributed by atoms with Crippen molar-refractivity contribution in [2.45, 2.75) is 9.79 Å². The van der Waals surface area contributed by atoms with Gasteiger partial charge in [-0.05, 0) is 24.3 Å². The van der Waals surface area contributed by atoms with Gasteiger partial charge in [-0.25, -0.2) is 0 Å². The summed E-state index contributed by atoms with van der Waals surface area (Å²) in [6, 6.07) is 13.7. The Bertz CT molecular complexity index is 477. The van der Waals surface area contributed by atoms with E-state index in [4.69, 9.17) is 28.9 Å². The summed E-state index contributed by atoms with van der Waals surface area (Å²) >= 11 is 13.5. The average molecular weight is 270 g/mol. The molecule has 0 saturated carbocycles. The number of nitrogen functional groups attached to an aromatic ring is 1. The van der Waals surface area contributed by atoms with Crippen molar-refractivity contribution in [3.63, 3.8) is 0 Å². The standard InChI is InChI=1S/C12H9Cl2NS/c13-10-6-9(7-11(14)12(10)15)16-8-4-2-1-3-5-8/h1-7H,15H2. The predicted octanol–water partition coefficient (Wildman–Crippen LogP) is 4.73. The van der Waals surface area contributed by atoms with Crippen LogP contribution >= 0.6 is 35.0 Å². The van der Waals surface area contributed by atoms with Gasteiger partial charge < -0.3 is 5.73 Å². The molecule has 0 saturated heterocycles. The van der Waals surface area contributed by atoms with Gasteiger partial charge in [0.05, 0.1) is 15.7 Å². The van der Waals surface area contributed by atoms with Gasteiger partial charge in [-0.1, -0.05) is 53.2 Å². The zero-order valence-corrected chi connectivity index (χ0v) is 10.6. The normalized spacial score (nSPS) is 10.4. The van der Waals surface area contributed by atoms with Gasteiger partial charge in [0.2, 0.25) is 0 Å². The Morgan fingerprint density at radius 3 is 2.00 bits per heavy atom. The number of nitrogens with two attached hydrogens (primary N) is 1. The van der Waals surface area contributed by atoms with E-state index in [9.17, 15) is 0 Å².